The van der Waals surface area contributed by atoms with Gasteiger partial charge >= 0.3 is 0 Å². The molecule has 0 unspecified atom stereocenters. The highest BCUT2D eigenvalue weighted by atomic mass is 15.2. The summed E-state index contributed by atoms with van der Waals surface area (Å²) in [6.07, 6.45) is 3.83. The third-order valence-electron chi connectivity index (χ3n) is 4.33. The number of aromatic nitrogens is 4. The Morgan fingerprint density at radius 1 is 1.04 bits per heavy atom. The van der Waals surface area contributed by atoms with Crippen LogP contribution < -0.4 is 9.80 Å². The van der Waals surface area contributed by atoms with Gasteiger partial charge in [0.1, 0.15) is 23.8 Å². The van der Waals surface area contributed by atoms with Gasteiger partial charge in [0, 0.05) is 56.6 Å². The van der Waals surface area contributed by atoms with Crippen LogP contribution >= 0.6 is 0 Å². The molecule has 1 aliphatic rings. The first kappa shape index (κ1) is 15.6. The molecule has 6 heteroatoms. The summed E-state index contributed by atoms with van der Waals surface area (Å²) in [5.74, 6) is 3.36. The zero-order chi connectivity index (χ0) is 16.4. The van der Waals surface area contributed by atoms with Crippen LogP contribution in [0.25, 0.3) is 0 Å². The fraction of sp³-hybridized carbons (Fsp3) is 0.529. The van der Waals surface area contributed by atoms with Gasteiger partial charge in [0.2, 0.25) is 0 Å². The summed E-state index contributed by atoms with van der Waals surface area (Å²) in [5, 5.41) is 0. The third-order valence-corrected chi connectivity index (χ3v) is 4.33. The maximum Gasteiger partial charge on any atom is 0.132 e. The van der Waals surface area contributed by atoms with Crippen molar-refractivity contribution in [2.75, 3.05) is 37.0 Å². The average molecular weight is 312 g/mol. The van der Waals surface area contributed by atoms with Crippen LogP contribution in [0.1, 0.15) is 36.0 Å². The highest BCUT2D eigenvalue weighted by Crippen LogP contribution is 2.30. The molecule has 0 spiro atoms. The molecule has 23 heavy (non-hydrogen) atoms. The maximum absolute atomic E-state index is 4.67. The fourth-order valence-electron chi connectivity index (χ4n) is 3.03. The molecule has 0 aliphatic carbocycles. The van der Waals surface area contributed by atoms with Gasteiger partial charge in [-0.2, -0.15) is 0 Å². The molecule has 0 amide bonds. The van der Waals surface area contributed by atoms with Gasteiger partial charge in [0.25, 0.3) is 0 Å². The van der Waals surface area contributed by atoms with E-state index in [4.69, 9.17) is 0 Å². The Bertz CT molecular complexity index is 677. The second kappa shape index (κ2) is 6.48. The molecular formula is C17H24N6. The first-order chi connectivity index (χ1) is 11.0. The van der Waals surface area contributed by atoms with E-state index in [0.717, 1.165) is 49.1 Å². The number of rotatable bonds is 3. The van der Waals surface area contributed by atoms with Crippen molar-refractivity contribution in [2.45, 2.75) is 32.6 Å². The highest BCUT2D eigenvalue weighted by molar-refractivity contribution is 5.41. The summed E-state index contributed by atoms with van der Waals surface area (Å²) in [6.45, 7) is 5.97. The summed E-state index contributed by atoms with van der Waals surface area (Å²) < 4.78 is 0. The van der Waals surface area contributed by atoms with Crippen molar-refractivity contribution in [3.63, 3.8) is 0 Å². The molecule has 0 N–H and O–H groups in total. The number of piperidine rings is 1. The van der Waals surface area contributed by atoms with Gasteiger partial charge in [0.05, 0.1) is 0 Å². The standard InChI is InChI=1S/C17H24N6/c1-12-9-16(19-11-18-12)23-7-5-14(6-8-23)15-10-17(22(3)4)21-13(2)20-15/h9-11,14H,5-8H2,1-4H3. The molecule has 2 aromatic heterocycles. The van der Waals surface area contributed by atoms with Crippen LogP contribution in [0.2, 0.25) is 0 Å². The average Bonchev–Trinajstić information content (AvgIpc) is 2.54. The van der Waals surface area contributed by atoms with Crippen molar-refractivity contribution >= 4 is 11.6 Å². The van der Waals surface area contributed by atoms with E-state index in [2.05, 4.69) is 37.0 Å². The molecular weight excluding hydrogens is 288 g/mol. The van der Waals surface area contributed by atoms with Crippen molar-refractivity contribution in [1.82, 2.24) is 19.9 Å². The first-order valence-electron chi connectivity index (χ1n) is 8.09. The SMILES string of the molecule is Cc1cc(N2CCC(c3cc(N(C)C)nc(C)n3)CC2)ncn1. The Hall–Kier alpha value is -2.24. The zero-order valence-electron chi connectivity index (χ0n) is 14.3. The van der Waals surface area contributed by atoms with Crippen molar-refractivity contribution in [3.8, 4) is 0 Å². The third kappa shape index (κ3) is 3.57. The summed E-state index contributed by atoms with van der Waals surface area (Å²) in [4.78, 5) is 22.1. The number of hydrogen-bond acceptors (Lipinski definition) is 6. The van der Waals surface area contributed by atoms with Gasteiger partial charge in [-0.25, -0.2) is 19.9 Å². The number of aryl methyl sites for hydroxylation is 2. The second-order valence-electron chi connectivity index (χ2n) is 6.37. The van der Waals surface area contributed by atoms with Gasteiger partial charge in [-0.05, 0) is 26.7 Å². The Morgan fingerprint density at radius 2 is 1.78 bits per heavy atom. The van der Waals surface area contributed by atoms with Gasteiger partial charge in [-0.15, -0.1) is 0 Å². The van der Waals surface area contributed by atoms with Crippen LogP contribution in [0.15, 0.2) is 18.5 Å². The van der Waals surface area contributed by atoms with Crippen LogP contribution in [0.4, 0.5) is 11.6 Å². The lowest BCUT2D eigenvalue weighted by Crippen LogP contribution is -2.34. The first-order valence-corrected chi connectivity index (χ1v) is 8.09. The predicted molar refractivity (Wildman–Crippen MR) is 92.1 cm³/mol. The normalized spacial score (nSPS) is 15.7. The lowest BCUT2D eigenvalue weighted by atomic mass is 9.93. The topological polar surface area (TPSA) is 58.0 Å². The van der Waals surface area contributed by atoms with E-state index >= 15 is 0 Å². The molecule has 0 atom stereocenters. The minimum atomic E-state index is 0.495. The summed E-state index contributed by atoms with van der Waals surface area (Å²) in [5.41, 5.74) is 2.18. The van der Waals surface area contributed by atoms with E-state index in [0.29, 0.717) is 5.92 Å². The molecule has 1 fully saturated rings. The molecule has 122 valence electrons. The van der Waals surface area contributed by atoms with Crippen LogP contribution in [-0.2, 0) is 0 Å². The molecule has 1 saturated heterocycles. The smallest absolute Gasteiger partial charge is 0.132 e. The van der Waals surface area contributed by atoms with Crippen molar-refractivity contribution in [3.05, 3.63) is 35.7 Å². The lowest BCUT2D eigenvalue weighted by molar-refractivity contribution is 0.492. The number of anilines is 2. The quantitative estimate of drug-likeness (QED) is 0.867. The highest BCUT2D eigenvalue weighted by Gasteiger charge is 2.23. The van der Waals surface area contributed by atoms with Crippen LogP contribution in [0.3, 0.4) is 0 Å². The minimum Gasteiger partial charge on any atom is -0.363 e. The summed E-state index contributed by atoms with van der Waals surface area (Å²) in [7, 11) is 4.04. The molecule has 0 aromatic carbocycles. The number of hydrogen-bond donors (Lipinski definition) is 0. The molecule has 6 nitrogen and oxygen atoms in total. The largest absolute Gasteiger partial charge is 0.363 e. The number of nitrogens with zero attached hydrogens (tertiary/aromatic N) is 6. The van der Waals surface area contributed by atoms with Gasteiger partial charge in [-0.3, -0.25) is 0 Å². The lowest BCUT2D eigenvalue weighted by Gasteiger charge is -2.32. The van der Waals surface area contributed by atoms with E-state index in [1.165, 1.54) is 5.69 Å². The van der Waals surface area contributed by atoms with Crippen molar-refractivity contribution in [2.24, 2.45) is 0 Å². The minimum absolute atomic E-state index is 0.495. The molecule has 1 aliphatic heterocycles. The van der Waals surface area contributed by atoms with E-state index in [1.54, 1.807) is 6.33 Å². The van der Waals surface area contributed by atoms with Crippen molar-refractivity contribution < 1.29 is 0 Å². The Labute approximate surface area is 137 Å². The second-order valence-corrected chi connectivity index (χ2v) is 6.37. The molecule has 3 heterocycles. The van der Waals surface area contributed by atoms with Crippen LogP contribution in [0, 0.1) is 13.8 Å². The fourth-order valence-corrected chi connectivity index (χ4v) is 3.03. The van der Waals surface area contributed by atoms with E-state index in [9.17, 15) is 0 Å². The summed E-state index contributed by atoms with van der Waals surface area (Å²) >= 11 is 0. The Balaban J connectivity index is 1.72. The Morgan fingerprint density at radius 3 is 2.43 bits per heavy atom. The van der Waals surface area contributed by atoms with Crippen LogP contribution in [-0.4, -0.2) is 47.1 Å². The molecule has 3 rings (SSSR count). The van der Waals surface area contributed by atoms with Gasteiger partial charge in [-0.1, -0.05) is 0 Å². The maximum atomic E-state index is 4.67. The molecule has 2 aromatic rings. The molecule has 0 saturated carbocycles. The predicted octanol–water partition coefficient (Wildman–Crippen LogP) is 2.33. The molecule has 0 radical (unpaired) electrons. The van der Waals surface area contributed by atoms with E-state index < -0.39 is 0 Å². The van der Waals surface area contributed by atoms with E-state index in [-0.39, 0.29) is 0 Å². The van der Waals surface area contributed by atoms with E-state index in [1.807, 2.05) is 32.8 Å². The van der Waals surface area contributed by atoms with Crippen molar-refractivity contribution in [1.29, 1.82) is 0 Å². The molecule has 0 bridgehead atoms. The Kier molecular flexibility index (Phi) is 4.41. The van der Waals surface area contributed by atoms with Gasteiger partial charge < -0.3 is 9.80 Å². The van der Waals surface area contributed by atoms with Gasteiger partial charge in [0.15, 0.2) is 0 Å². The van der Waals surface area contributed by atoms with Crippen LogP contribution in [0.5, 0.6) is 0 Å². The monoisotopic (exact) mass is 312 g/mol. The zero-order valence-corrected chi connectivity index (χ0v) is 14.3. The summed E-state index contributed by atoms with van der Waals surface area (Å²) in [6, 6.07) is 4.18.